The molecule has 0 rings (SSSR count). The molecule has 2 heteroatoms. The highest BCUT2D eigenvalue weighted by atomic mass is 16.4. The normalized spacial score (nSPS) is 6.25. The van der Waals surface area contributed by atoms with Crippen LogP contribution in [0.25, 0.3) is 0 Å². The van der Waals surface area contributed by atoms with E-state index in [0.717, 1.165) is 6.92 Å². The van der Waals surface area contributed by atoms with Gasteiger partial charge in [0.05, 0.1) is 0 Å². The fourth-order valence-electron chi connectivity index (χ4n) is 0. The first-order valence-electron chi connectivity index (χ1n) is 0.908. The van der Waals surface area contributed by atoms with Gasteiger partial charge in [-0.15, -0.1) is 0 Å². The third-order valence-electron chi connectivity index (χ3n) is 0. The predicted octanol–water partition coefficient (Wildman–Crippen LogP) is -1.02. The van der Waals surface area contributed by atoms with Crippen LogP contribution in [-0.4, -0.2) is 5.97 Å². The van der Waals surface area contributed by atoms with E-state index in [-0.39, 0.29) is 2.85 Å². The van der Waals surface area contributed by atoms with Gasteiger partial charge in [-0.1, -0.05) is 0 Å². The van der Waals surface area contributed by atoms with Gasteiger partial charge in [-0.3, -0.25) is 0 Å². The second kappa shape index (κ2) is 0.875. The van der Waals surface area contributed by atoms with Crippen molar-refractivity contribution in [1.29, 1.82) is 0 Å². The fourth-order valence-corrected chi connectivity index (χ4v) is 0. The average molecular weight is 61.1 g/mol. The van der Waals surface area contributed by atoms with E-state index in [2.05, 4.69) is 0 Å². The Balaban J connectivity index is -0.0000000450. The molecule has 0 radical (unpaired) electrons. The van der Waals surface area contributed by atoms with Crippen LogP contribution in [0.2, 0.25) is 0 Å². The molecule has 0 spiro atoms. The smallest absolute Gasteiger partial charge is 0.0383 e. The third kappa shape index (κ3) is 1.16. The van der Waals surface area contributed by atoms with Crippen LogP contribution in [0.1, 0.15) is 9.78 Å². The van der Waals surface area contributed by atoms with E-state index >= 15 is 0 Å². The number of carbonyl (C=O) groups excluding carboxylic acids is 1. The summed E-state index contributed by atoms with van der Waals surface area (Å²) in [5.74, 6) is -1.08. The number of carboxylic acids is 1. The van der Waals surface area contributed by atoms with Gasteiger partial charge in [0.1, 0.15) is 0 Å². The van der Waals surface area contributed by atoms with Gasteiger partial charge < -0.3 is 12.8 Å². The molecule has 0 bridgehead atoms. The van der Waals surface area contributed by atoms with E-state index < -0.39 is 5.97 Å². The summed E-state index contributed by atoms with van der Waals surface area (Å²) in [4.78, 5) is 8.89. The van der Waals surface area contributed by atoms with E-state index in [1.807, 2.05) is 0 Å². The van der Waals surface area contributed by atoms with Crippen LogP contribution >= 0.6 is 0 Å². The highest BCUT2D eigenvalue weighted by Crippen LogP contribution is 1.31. The lowest BCUT2D eigenvalue weighted by molar-refractivity contribution is -0.302. The average Bonchev–Trinajstić information content (AvgIpc) is 0.811. The zero-order valence-electron chi connectivity index (χ0n) is 4.32. The molecular weight excluding hydrogens is 56.0 g/mol. The minimum Gasteiger partial charge on any atom is -1.00 e. The summed E-state index contributed by atoms with van der Waals surface area (Å²) in [6, 6.07) is 0. The van der Waals surface area contributed by atoms with Crippen LogP contribution in [0.5, 0.6) is 0 Å². The largest absolute Gasteiger partial charge is 1.00 e. The summed E-state index contributed by atoms with van der Waals surface area (Å²) >= 11 is 0. The van der Waals surface area contributed by atoms with E-state index in [1.165, 1.54) is 0 Å². The van der Waals surface area contributed by atoms with Crippen molar-refractivity contribution < 1.29 is 12.8 Å². The van der Waals surface area contributed by atoms with Gasteiger partial charge in [0.25, 0.3) is 0 Å². The molecule has 0 unspecified atom stereocenters. The standard InChI is InChI=1S/C2H4O2.2H/c1-2(3)4;;/h1H3,(H,3,4);;/q;2*-1/p-1. The van der Waals surface area contributed by atoms with E-state index in [4.69, 9.17) is 9.90 Å². The zero-order valence-corrected chi connectivity index (χ0v) is 2.32. The summed E-state index contributed by atoms with van der Waals surface area (Å²) in [5.41, 5.74) is 0. The molecule has 0 heterocycles. The van der Waals surface area contributed by atoms with Crippen molar-refractivity contribution >= 4 is 5.97 Å². The molecule has 0 atom stereocenters. The van der Waals surface area contributed by atoms with Gasteiger partial charge in [-0.2, -0.15) is 0 Å². The number of rotatable bonds is 0. The molecule has 28 valence electrons. The lowest BCUT2D eigenvalue weighted by atomic mass is 10.9. The van der Waals surface area contributed by atoms with Crippen molar-refractivity contribution in [3.8, 4) is 0 Å². The Kier molecular flexibility index (Phi) is 0.759. The van der Waals surface area contributed by atoms with Gasteiger partial charge in [0.15, 0.2) is 0 Å². The van der Waals surface area contributed by atoms with Crippen molar-refractivity contribution in [3.05, 3.63) is 0 Å². The van der Waals surface area contributed by atoms with Gasteiger partial charge in [-0.25, -0.2) is 0 Å². The van der Waals surface area contributed by atoms with Crippen LogP contribution < -0.4 is 5.11 Å². The van der Waals surface area contributed by atoms with E-state index in [1.54, 1.807) is 0 Å². The highest BCUT2D eigenvalue weighted by molar-refractivity contribution is 5.60. The van der Waals surface area contributed by atoms with Gasteiger partial charge >= 0.3 is 0 Å². The van der Waals surface area contributed by atoms with Crippen LogP contribution in [-0.2, 0) is 4.79 Å². The zero-order chi connectivity index (χ0) is 3.58. The first-order valence-corrected chi connectivity index (χ1v) is 0.908. The molecule has 0 fully saturated rings. The van der Waals surface area contributed by atoms with Crippen molar-refractivity contribution in [2.24, 2.45) is 0 Å². The predicted molar refractivity (Wildman–Crippen MR) is 12.9 cm³/mol. The summed E-state index contributed by atoms with van der Waals surface area (Å²) in [6.45, 7) is 0.972. The molecule has 0 aromatic carbocycles. The molecule has 2 nitrogen and oxygen atoms in total. The van der Waals surface area contributed by atoms with Crippen molar-refractivity contribution in [1.82, 2.24) is 0 Å². The Morgan fingerprint density at radius 1 is 2.25 bits per heavy atom. The maximum absolute atomic E-state index is 8.89. The van der Waals surface area contributed by atoms with E-state index in [9.17, 15) is 0 Å². The summed E-state index contributed by atoms with van der Waals surface area (Å²) in [6.07, 6.45) is 0. The Bertz CT molecular complexity index is 32.5. The minimum absolute atomic E-state index is 0. The number of hydrogen-bond acceptors (Lipinski definition) is 2. The molecule has 0 N–H and O–H groups in total. The molecule has 0 aromatic heterocycles. The number of carbonyl (C=O) groups is 1. The SMILES string of the molecule is CC(=O)[O-].[H-].[H-]. The van der Waals surface area contributed by atoms with Gasteiger partial charge in [0, 0.05) is 5.97 Å². The topological polar surface area (TPSA) is 40.1 Å². The molecule has 0 amide bonds. The van der Waals surface area contributed by atoms with Crippen LogP contribution in [0, 0.1) is 0 Å². The Morgan fingerprint density at radius 3 is 2.25 bits per heavy atom. The minimum atomic E-state index is -1.08. The fraction of sp³-hybridized carbons (Fsp3) is 0.500. The molecule has 0 aliphatic rings. The van der Waals surface area contributed by atoms with Crippen LogP contribution in [0.15, 0.2) is 0 Å². The maximum Gasteiger partial charge on any atom is 0.0383 e. The number of aliphatic carboxylic acids is 1. The number of hydrogen-bond donors (Lipinski definition) is 0. The van der Waals surface area contributed by atoms with Crippen molar-refractivity contribution in [2.75, 3.05) is 0 Å². The second-order valence-electron chi connectivity index (χ2n) is 0.492. The van der Waals surface area contributed by atoms with Crippen LogP contribution in [0.3, 0.4) is 0 Å². The molecule has 0 aliphatic carbocycles. The van der Waals surface area contributed by atoms with Crippen LogP contribution in [0.4, 0.5) is 0 Å². The molecule has 0 saturated heterocycles. The lowest BCUT2D eigenvalue weighted by Crippen LogP contribution is -2.16. The number of carboxylic acid groups (broad SMARTS) is 1. The molecule has 0 aromatic rings. The molecule has 0 aliphatic heterocycles. The Hall–Kier alpha value is -0.530. The van der Waals surface area contributed by atoms with Gasteiger partial charge in [-0.05, 0) is 6.92 Å². The van der Waals surface area contributed by atoms with E-state index in [0.29, 0.717) is 0 Å². The summed E-state index contributed by atoms with van der Waals surface area (Å²) in [5, 5.41) is 8.89. The summed E-state index contributed by atoms with van der Waals surface area (Å²) < 4.78 is 0. The maximum atomic E-state index is 8.89. The van der Waals surface area contributed by atoms with Crippen molar-refractivity contribution in [3.63, 3.8) is 0 Å². The Labute approximate surface area is 27.0 Å². The quantitative estimate of drug-likeness (QED) is 0.359. The molecule has 0 saturated carbocycles. The van der Waals surface area contributed by atoms with Crippen molar-refractivity contribution in [2.45, 2.75) is 6.92 Å². The first kappa shape index (κ1) is 3.47. The lowest BCUT2D eigenvalue weighted by Gasteiger charge is -1.77. The third-order valence-corrected chi connectivity index (χ3v) is 0. The molecule has 4 heavy (non-hydrogen) atoms. The summed E-state index contributed by atoms with van der Waals surface area (Å²) in [7, 11) is 0. The Morgan fingerprint density at radius 2 is 2.25 bits per heavy atom. The second-order valence-corrected chi connectivity index (χ2v) is 0.492. The van der Waals surface area contributed by atoms with Gasteiger partial charge in [0.2, 0.25) is 0 Å². The first-order chi connectivity index (χ1) is 1.73. The molecular formula is C2H5O2-3. The highest BCUT2D eigenvalue weighted by Gasteiger charge is 1.46. The monoisotopic (exact) mass is 61.0 g/mol.